The van der Waals surface area contributed by atoms with Crippen molar-refractivity contribution in [3.8, 4) is 6.07 Å². The third-order valence-corrected chi connectivity index (χ3v) is 4.43. The van der Waals surface area contributed by atoms with Crippen LogP contribution in [0.2, 0.25) is 0 Å². The molecule has 108 valence electrons. The van der Waals surface area contributed by atoms with Crippen LogP contribution >= 0.6 is 0 Å². The zero-order valence-corrected chi connectivity index (χ0v) is 12.7. The summed E-state index contributed by atoms with van der Waals surface area (Å²) >= 11 is 0. The quantitative estimate of drug-likeness (QED) is 0.899. The van der Waals surface area contributed by atoms with E-state index in [1.54, 1.807) is 4.68 Å². The Balaban J connectivity index is 2.20. The van der Waals surface area contributed by atoms with Gasteiger partial charge in [-0.2, -0.15) is 10.4 Å². The first-order valence-electron chi connectivity index (χ1n) is 7.12. The molecule has 0 bridgehead atoms. The largest absolute Gasteiger partial charge is 0.334 e. The molecule has 0 unspecified atom stereocenters. The molecule has 1 heterocycles. The van der Waals surface area contributed by atoms with Crippen LogP contribution in [0.1, 0.15) is 54.4 Å². The van der Waals surface area contributed by atoms with Crippen molar-refractivity contribution in [2.45, 2.75) is 52.0 Å². The molecule has 0 aliphatic heterocycles. The van der Waals surface area contributed by atoms with Gasteiger partial charge in [0, 0.05) is 12.7 Å². The van der Waals surface area contributed by atoms with Crippen LogP contribution in [-0.2, 0) is 7.05 Å². The molecule has 1 aromatic heterocycles. The van der Waals surface area contributed by atoms with Crippen LogP contribution in [-0.4, -0.2) is 21.2 Å². The van der Waals surface area contributed by atoms with E-state index in [0.717, 1.165) is 31.4 Å². The van der Waals surface area contributed by atoms with Crippen LogP contribution < -0.4 is 5.32 Å². The molecular weight excluding hydrogens is 252 g/mol. The van der Waals surface area contributed by atoms with Crippen molar-refractivity contribution in [3.63, 3.8) is 0 Å². The SMILES string of the molecule is Cc1nn(C)c(C)c1C(=O)NC1(C#N)CCC(C)CC1. The molecule has 5 nitrogen and oxygen atoms in total. The molecule has 20 heavy (non-hydrogen) atoms. The molecule has 1 aliphatic rings. The Hall–Kier alpha value is -1.83. The first-order valence-corrected chi connectivity index (χ1v) is 7.12. The van der Waals surface area contributed by atoms with E-state index in [4.69, 9.17) is 0 Å². The minimum atomic E-state index is -0.710. The minimum Gasteiger partial charge on any atom is -0.334 e. The molecule has 1 fully saturated rings. The average Bonchev–Trinajstić information content (AvgIpc) is 2.66. The number of carbonyl (C=O) groups is 1. The monoisotopic (exact) mass is 274 g/mol. The van der Waals surface area contributed by atoms with Gasteiger partial charge in [-0.15, -0.1) is 0 Å². The molecule has 1 amide bonds. The van der Waals surface area contributed by atoms with Crippen molar-refractivity contribution in [1.29, 1.82) is 5.26 Å². The highest BCUT2D eigenvalue weighted by Crippen LogP contribution is 2.31. The summed E-state index contributed by atoms with van der Waals surface area (Å²) in [5.74, 6) is 0.458. The first-order chi connectivity index (χ1) is 9.38. The molecular formula is C15H22N4O. The number of rotatable bonds is 2. The van der Waals surface area contributed by atoms with E-state index in [9.17, 15) is 10.1 Å². The van der Waals surface area contributed by atoms with Crippen LogP contribution in [0.25, 0.3) is 0 Å². The first kappa shape index (κ1) is 14.6. The maximum atomic E-state index is 12.5. The Morgan fingerprint density at radius 2 is 2.05 bits per heavy atom. The summed E-state index contributed by atoms with van der Waals surface area (Å²) in [6.07, 6.45) is 3.43. The van der Waals surface area contributed by atoms with Gasteiger partial charge in [-0.05, 0) is 45.4 Å². The lowest BCUT2D eigenvalue weighted by Crippen LogP contribution is -2.49. The highest BCUT2D eigenvalue weighted by molar-refractivity contribution is 5.97. The summed E-state index contributed by atoms with van der Waals surface area (Å²) < 4.78 is 1.70. The molecule has 1 aliphatic carbocycles. The van der Waals surface area contributed by atoms with Gasteiger partial charge in [0.05, 0.1) is 17.3 Å². The van der Waals surface area contributed by atoms with Crippen molar-refractivity contribution in [2.75, 3.05) is 0 Å². The van der Waals surface area contributed by atoms with Crippen LogP contribution in [0.5, 0.6) is 0 Å². The van der Waals surface area contributed by atoms with E-state index in [0.29, 0.717) is 17.2 Å². The Kier molecular flexibility index (Phi) is 3.85. The molecule has 5 heteroatoms. The number of amides is 1. The fourth-order valence-corrected chi connectivity index (χ4v) is 2.90. The highest BCUT2D eigenvalue weighted by atomic mass is 16.1. The van der Waals surface area contributed by atoms with Gasteiger partial charge in [0.25, 0.3) is 5.91 Å². The molecule has 1 N–H and O–H groups in total. The number of nitrogens with zero attached hydrogens (tertiary/aromatic N) is 3. The Bertz CT molecular complexity index is 559. The number of aryl methyl sites for hydroxylation is 2. The van der Waals surface area contributed by atoms with Crippen molar-refractivity contribution in [1.82, 2.24) is 15.1 Å². The van der Waals surface area contributed by atoms with Gasteiger partial charge in [-0.3, -0.25) is 9.48 Å². The molecule has 0 radical (unpaired) electrons. The average molecular weight is 274 g/mol. The Morgan fingerprint density at radius 1 is 1.45 bits per heavy atom. The van der Waals surface area contributed by atoms with E-state index in [2.05, 4.69) is 23.4 Å². The van der Waals surface area contributed by atoms with E-state index in [1.807, 2.05) is 20.9 Å². The summed E-state index contributed by atoms with van der Waals surface area (Å²) in [4.78, 5) is 12.5. The summed E-state index contributed by atoms with van der Waals surface area (Å²) in [7, 11) is 1.82. The second-order valence-electron chi connectivity index (χ2n) is 6.00. The lowest BCUT2D eigenvalue weighted by atomic mass is 9.78. The van der Waals surface area contributed by atoms with Crippen molar-refractivity contribution < 1.29 is 4.79 Å². The van der Waals surface area contributed by atoms with Gasteiger partial charge in [-0.25, -0.2) is 0 Å². The zero-order valence-electron chi connectivity index (χ0n) is 12.7. The summed E-state index contributed by atoms with van der Waals surface area (Å²) in [5.41, 5.74) is 1.43. The fourth-order valence-electron chi connectivity index (χ4n) is 2.90. The standard InChI is InChI=1S/C15H22N4O/c1-10-5-7-15(9-16,8-6-10)17-14(20)13-11(2)18-19(4)12(13)3/h10H,5-8H2,1-4H3,(H,17,20). The molecule has 1 aromatic rings. The zero-order chi connectivity index (χ0) is 14.9. The van der Waals surface area contributed by atoms with Gasteiger partial charge < -0.3 is 5.32 Å². The molecule has 1 saturated carbocycles. The van der Waals surface area contributed by atoms with Gasteiger partial charge >= 0.3 is 0 Å². The van der Waals surface area contributed by atoms with Crippen LogP contribution in [0, 0.1) is 31.1 Å². The molecule has 0 saturated heterocycles. The summed E-state index contributed by atoms with van der Waals surface area (Å²) in [5, 5.41) is 16.7. The minimum absolute atomic E-state index is 0.177. The topological polar surface area (TPSA) is 70.7 Å². The molecule has 0 atom stereocenters. The number of hydrogen-bond donors (Lipinski definition) is 1. The molecule has 0 spiro atoms. The molecule has 0 aromatic carbocycles. The van der Waals surface area contributed by atoms with E-state index in [1.165, 1.54) is 0 Å². The van der Waals surface area contributed by atoms with Gasteiger partial charge in [0.15, 0.2) is 0 Å². The third kappa shape index (κ3) is 2.55. The fraction of sp³-hybridized carbons (Fsp3) is 0.667. The van der Waals surface area contributed by atoms with Gasteiger partial charge in [-0.1, -0.05) is 6.92 Å². The lowest BCUT2D eigenvalue weighted by Gasteiger charge is -2.34. The normalized spacial score (nSPS) is 26.1. The van der Waals surface area contributed by atoms with E-state index in [-0.39, 0.29) is 5.91 Å². The Labute approximate surface area is 120 Å². The molecule has 2 rings (SSSR count). The van der Waals surface area contributed by atoms with Crippen molar-refractivity contribution in [3.05, 3.63) is 17.0 Å². The maximum absolute atomic E-state index is 12.5. The Morgan fingerprint density at radius 3 is 2.50 bits per heavy atom. The number of aromatic nitrogens is 2. The smallest absolute Gasteiger partial charge is 0.256 e. The maximum Gasteiger partial charge on any atom is 0.256 e. The van der Waals surface area contributed by atoms with Crippen LogP contribution in [0.15, 0.2) is 0 Å². The predicted octanol–water partition coefficient (Wildman–Crippen LogP) is 2.24. The number of hydrogen-bond acceptors (Lipinski definition) is 3. The number of nitrogens with one attached hydrogen (secondary N) is 1. The summed E-state index contributed by atoms with van der Waals surface area (Å²) in [6.45, 7) is 5.89. The lowest BCUT2D eigenvalue weighted by molar-refractivity contribution is 0.0892. The highest BCUT2D eigenvalue weighted by Gasteiger charge is 2.36. The number of carbonyl (C=O) groups excluding carboxylic acids is 1. The van der Waals surface area contributed by atoms with Crippen LogP contribution in [0.3, 0.4) is 0 Å². The predicted molar refractivity (Wildman–Crippen MR) is 76.1 cm³/mol. The number of nitriles is 1. The van der Waals surface area contributed by atoms with Crippen molar-refractivity contribution >= 4 is 5.91 Å². The second-order valence-corrected chi connectivity index (χ2v) is 6.00. The van der Waals surface area contributed by atoms with Crippen molar-refractivity contribution in [2.24, 2.45) is 13.0 Å². The van der Waals surface area contributed by atoms with E-state index < -0.39 is 5.54 Å². The summed E-state index contributed by atoms with van der Waals surface area (Å²) in [6, 6.07) is 2.33. The van der Waals surface area contributed by atoms with Gasteiger partial charge in [0.1, 0.15) is 5.54 Å². The third-order valence-electron chi connectivity index (χ3n) is 4.43. The van der Waals surface area contributed by atoms with E-state index >= 15 is 0 Å². The van der Waals surface area contributed by atoms with Crippen LogP contribution in [0.4, 0.5) is 0 Å². The second kappa shape index (κ2) is 5.28. The van der Waals surface area contributed by atoms with Gasteiger partial charge in [0.2, 0.25) is 0 Å².